The third kappa shape index (κ3) is 3.06. The summed E-state index contributed by atoms with van der Waals surface area (Å²) in [6.45, 7) is -0.0773. The van der Waals surface area contributed by atoms with Gasteiger partial charge in [0.2, 0.25) is 5.28 Å². The summed E-state index contributed by atoms with van der Waals surface area (Å²) in [7, 11) is 2.93. The van der Waals surface area contributed by atoms with E-state index in [-0.39, 0.29) is 22.9 Å². The number of hydrogen-bond donors (Lipinski definition) is 0. The van der Waals surface area contributed by atoms with Crippen LogP contribution in [0.1, 0.15) is 5.56 Å². The van der Waals surface area contributed by atoms with Crippen LogP contribution in [0.25, 0.3) is 10.9 Å². The van der Waals surface area contributed by atoms with E-state index in [0.29, 0.717) is 22.6 Å². The van der Waals surface area contributed by atoms with Gasteiger partial charge in [0, 0.05) is 17.7 Å². The normalized spacial score (nSPS) is 10.7. The van der Waals surface area contributed by atoms with Gasteiger partial charge in [0.1, 0.15) is 0 Å². The Hall–Kier alpha value is -3.13. The molecule has 0 atom stereocenters. The summed E-state index contributed by atoms with van der Waals surface area (Å²) < 4.78 is 11.6. The lowest BCUT2D eigenvalue weighted by atomic mass is 10.1. The highest BCUT2D eigenvalue weighted by molar-refractivity contribution is 6.28. The van der Waals surface area contributed by atoms with Crippen LogP contribution in [0.5, 0.6) is 11.5 Å². The zero-order valence-electron chi connectivity index (χ0n) is 13.9. The summed E-state index contributed by atoms with van der Waals surface area (Å²) in [5, 5.41) is 11.4. The molecule has 134 valence electrons. The van der Waals surface area contributed by atoms with E-state index in [1.54, 1.807) is 24.3 Å². The number of para-hydroxylation sites is 1. The molecule has 0 aliphatic rings. The molecule has 2 aromatic carbocycles. The summed E-state index contributed by atoms with van der Waals surface area (Å²) in [6.07, 6.45) is 0. The Morgan fingerprint density at radius 3 is 2.50 bits per heavy atom. The van der Waals surface area contributed by atoms with Crippen LogP contribution in [0.2, 0.25) is 5.28 Å². The second-order valence-electron chi connectivity index (χ2n) is 5.38. The fourth-order valence-corrected chi connectivity index (χ4v) is 2.88. The summed E-state index contributed by atoms with van der Waals surface area (Å²) in [4.78, 5) is 27.8. The number of hydrogen-bond acceptors (Lipinski definition) is 6. The second kappa shape index (κ2) is 7.01. The summed E-state index contributed by atoms with van der Waals surface area (Å²) in [5.74, 6) is 0.790. The van der Waals surface area contributed by atoms with E-state index >= 15 is 0 Å². The van der Waals surface area contributed by atoms with E-state index in [2.05, 4.69) is 4.98 Å². The maximum Gasteiger partial charge on any atom is 0.274 e. The van der Waals surface area contributed by atoms with Gasteiger partial charge in [0.25, 0.3) is 11.2 Å². The quantitative estimate of drug-likeness (QED) is 0.386. The van der Waals surface area contributed by atoms with Crippen LogP contribution < -0.4 is 15.0 Å². The van der Waals surface area contributed by atoms with Gasteiger partial charge in [-0.2, -0.15) is 0 Å². The minimum absolute atomic E-state index is 0.0760. The molecule has 0 saturated heterocycles. The molecule has 9 heteroatoms. The van der Waals surface area contributed by atoms with Crippen molar-refractivity contribution in [3.63, 3.8) is 0 Å². The van der Waals surface area contributed by atoms with Crippen LogP contribution in [0.3, 0.4) is 0 Å². The van der Waals surface area contributed by atoms with Gasteiger partial charge < -0.3 is 9.47 Å². The van der Waals surface area contributed by atoms with Crippen molar-refractivity contribution in [2.45, 2.75) is 6.54 Å². The van der Waals surface area contributed by atoms with Crippen LogP contribution in [-0.4, -0.2) is 28.7 Å². The Kier molecular flexibility index (Phi) is 4.77. The zero-order valence-corrected chi connectivity index (χ0v) is 14.7. The molecule has 0 aliphatic carbocycles. The first-order valence-corrected chi connectivity index (χ1v) is 7.88. The minimum Gasteiger partial charge on any atom is -0.493 e. The molecule has 3 aromatic rings. The zero-order chi connectivity index (χ0) is 18.8. The van der Waals surface area contributed by atoms with E-state index in [4.69, 9.17) is 21.1 Å². The number of halogens is 1. The SMILES string of the molecule is COc1cc2nc(Cl)n(Cc3ccccc3[N+](=O)[O-])c(=O)c2cc1OC. The summed E-state index contributed by atoms with van der Waals surface area (Å²) in [6, 6.07) is 9.22. The Morgan fingerprint density at radius 1 is 1.19 bits per heavy atom. The van der Waals surface area contributed by atoms with Crippen molar-refractivity contribution in [2.24, 2.45) is 0 Å². The maximum absolute atomic E-state index is 12.9. The molecule has 8 nitrogen and oxygen atoms in total. The van der Waals surface area contributed by atoms with Crippen molar-refractivity contribution in [2.75, 3.05) is 14.2 Å². The lowest BCUT2D eigenvalue weighted by molar-refractivity contribution is -0.385. The van der Waals surface area contributed by atoms with Crippen LogP contribution in [0.4, 0.5) is 5.69 Å². The molecule has 26 heavy (non-hydrogen) atoms. The van der Waals surface area contributed by atoms with Gasteiger partial charge in [0.05, 0.1) is 36.6 Å². The monoisotopic (exact) mass is 375 g/mol. The molecule has 0 aliphatic heterocycles. The van der Waals surface area contributed by atoms with Gasteiger partial charge in [-0.15, -0.1) is 0 Å². The number of benzene rings is 2. The number of nitrogens with zero attached hydrogens (tertiary/aromatic N) is 3. The molecule has 0 N–H and O–H groups in total. The molecular weight excluding hydrogens is 362 g/mol. The van der Waals surface area contributed by atoms with Gasteiger partial charge in [0.15, 0.2) is 11.5 Å². The van der Waals surface area contributed by atoms with Crippen LogP contribution in [0.15, 0.2) is 41.2 Å². The number of ether oxygens (including phenoxy) is 2. The van der Waals surface area contributed by atoms with E-state index < -0.39 is 10.5 Å². The number of rotatable bonds is 5. The highest BCUT2D eigenvalue weighted by Crippen LogP contribution is 2.30. The van der Waals surface area contributed by atoms with Gasteiger partial charge in [-0.1, -0.05) is 18.2 Å². The first-order valence-electron chi connectivity index (χ1n) is 7.50. The topological polar surface area (TPSA) is 96.5 Å². The molecule has 0 spiro atoms. The van der Waals surface area contributed by atoms with Gasteiger partial charge in [-0.3, -0.25) is 19.5 Å². The van der Waals surface area contributed by atoms with E-state index in [0.717, 1.165) is 0 Å². The molecular formula is C17H14ClN3O5. The van der Waals surface area contributed by atoms with Crippen LogP contribution in [0, 0.1) is 10.1 Å². The molecule has 0 unspecified atom stereocenters. The molecule has 3 rings (SSSR count). The molecule has 0 fully saturated rings. The Bertz CT molecular complexity index is 1060. The summed E-state index contributed by atoms with van der Waals surface area (Å²) >= 11 is 6.17. The Morgan fingerprint density at radius 2 is 1.85 bits per heavy atom. The fraction of sp³-hybridized carbons (Fsp3) is 0.176. The van der Waals surface area contributed by atoms with Gasteiger partial charge >= 0.3 is 0 Å². The second-order valence-corrected chi connectivity index (χ2v) is 5.72. The standard InChI is InChI=1S/C17H14ClN3O5/c1-25-14-7-11-12(8-15(14)26-2)19-17(18)20(16(11)22)9-10-5-3-4-6-13(10)21(23)24/h3-8H,9H2,1-2H3. The number of fused-ring (bicyclic) bond motifs is 1. The van der Waals surface area contributed by atoms with Gasteiger partial charge in [-0.25, -0.2) is 4.98 Å². The van der Waals surface area contributed by atoms with Crippen molar-refractivity contribution in [1.29, 1.82) is 0 Å². The third-order valence-electron chi connectivity index (χ3n) is 3.93. The van der Waals surface area contributed by atoms with Crippen molar-refractivity contribution in [3.8, 4) is 11.5 Å². The Labute approximate surface area is 152 Å². The average molecular weight is 376 g/mol. The highest BCUT2D eigenvalue weighted by atomic mass is 35.5. The molecule has 0 amide bonds. The predicted molar refractivity (Wildman–Crippen MR) is 96.3 cm³/mol. The lowest BCUT2D eigenvalue weighted by Crippen LogP contribution is -2.23. The van der Waals surface area contributed by atoms with E-state index in [1.165, 1.54) is 30.9 Å². The van der Waals surface area contributed by atoms with E-state index in [9.17, 15) is 14.9 Å². The molecule has 1 heterocycles. The van der Waals surface area contributed by atoms with Gasteiger partial charge in [-0.05, 0) is 17.7 Å². The fourth-order valence-electron chi connectivity index (χ4n) is 2.65. The number of methoxy groups -OCH3 is 2. The largest absolute Gasteiger partial charge is 0.493 e. The number of nitro benzene ring substituents is 1. The Balaban J connectivity index is 2.19. The third-order valence-corrected chi connectivity index (χ3v) is 4.22. The number of aromatic nitrogens is 2. The molecule has 0 saturated carbocycles. The van der Waals surface area contributed by atoms with E-state index in [1.807, 2.05) is 0 Å². The first-order chi connectivity index (χ1) is 12.5. The van der Waals surface area contributed by atoms with Crippen LogP contribution >= 0.6 is 11.6 Å². The van der Waals surface area contributed by atoms with Crippen molar-refractivity contribution in [1.82, 2.24) is 9.55 Å². The van der Waals surface area contributed by atoms with Crippen molar-refractivity contribution in [3.05, 3.63) is 67.7 Å². The number of nitro groups is 1. The maximum atomic E-state index is 12.9. The first kappa shape index (κ1) is 17.7. The van der Waals surface area contributed by atoms with Crippen LogP contribution in [-0.2, 0) is 6.54 Å². The lowest BCUT2D eigenvalue weighted by Gasteiger charge is -2.12. The minimum atomic E-state index is -0.503. The summed E-state index contributed by atoms with van der Waals surface area (Å²) in [5.41, 5.74) is 0.168. The van der Waals surface area contributed by atoms with Crippen molar-refractivity contribution >= 4 is 28.2 Å². The smallest absolute Gasteiger partial charge is 0.274 e. The molecule has 0 radical (unpaired) electrons. The predicted octanol–water partition coefficient (Wildman–Crippen LogP) is 3.02. The molecule has 1 aromatic heterocycles. The highest BCUT2D eigenvalue weighted by Gasteiger charge is 2.18. The average Bonchev–Trinajstić information content (AvgIpc) is 2.64. The van der Waals surface area contributed by atoms with Crippen molar-refractivity contribution < 1.29 is 14.4 Å². The molecule has 0 bridgehead atoms.